The lowest BCUT2D eigenvalue weighted by atomic mass is 9.78. The Bertz CT molecular complexity index is 1050. The number of anilines is 2. The average molecular weight is 500 g/mol. The number of pyridine rings is 1. The fourth-order valence-electron chi connectivity index (χ4n) is 4.21. The summed E-state index contributed by atoms with van der Waals surface area (Å²) in [5.41, 5.74) is 0.459. The molecule has 5 rings (SSSR count). The zero-order valence-electron chi connectivity index (χ0n) is 16.5. The van der Waals surface area contributed by atoms with Gasteiger partial charge in [0.15, 0.2) is 5.13 Å². The Hall–Kier alpha value is -1.80. The fraction of sp³-hybridized carbons (Fsp3) is 0.381. The van der Waals surface area contributed by atoms with Crippen LogP contribution >= 0.6 is 46.9 Å². The van der Waals surface area contributed by atoms with Crippen LogP contribution in [0.2, 0.25) is 10.0 Å². The number of benzene rings is 1. The number of ether oxygens (including phenoxy) is 1. The Morgan fingerprint density at radius 3 is 2.74 bits per heavy atom. The Morgan fingerprint density at radius 1 is 1.23 bits per heavy atom. The van der Waals surface area contributed by atoms with Crippen molar-refractivity contribution in [1.82, 2.24) is 9.97 Å². The van der Waals surface area contributed by atoms with Crippen molar-refractivity contribution in [3.8, 4) is 0 Å². The van der Waals surface area contributed by atoms with Gasteiger partial charge in [0.1, 0.15) is 11.4 Å². The molecule has 6 nitrogen and oxygen atoms in total. The van der Waals surface area contributed by atoms with Gasteiger partial charge in [-0.15, -0.1) is 12.4 Å². The summed E-state index contributed by atoms with van der Waals surface area (Å²) in [5, 5.41) is 5.39. The molecule has 1 aromatic carbocycles. The van der Waals surface area contributed by atoms with Crippen LogP contribution in [0.15, 0.2) is 36.5 Å². The molecule has 31 heavy (non-hydrogen) atoms. The van der Waals surface area contributed by atoms with Crippen molar-refractivity contribution in [2.24, 2.45) is 5.92 Å². The normalized spacial score (nSPS) is 23.1. The SMILES string of the molecule is Cl.O=C1O[C@]2(CC[C@H](CNc3nc4cc(Cl)c(Cl)cc4s3)CC2)CN1c1ccccn1. The number of nitrogens with zero attached hydrogens (tertiary/aromatic N) is 3. The number of halogens is 3. The molecule has 1 spiro atoms. The summed E-state index contributed by atoms with van der Waals surface area (Å²) >= 11 is 13.8. The molecule has 164 valence electrons. The van der Waals surface area contributed by atoms with Gasteiger partial charge in [-0.3, -0.25) is 4.90 Å². The first-order valence-corrected chi connectivity index (χ1v) is 11.5. The molecule has 1 N–H and O–H groups in total. The first-order valence-electron chi connectivity index (χ1n) is 9.92. The van der Waals surface area contributed by atoms with Crippen molar-refractivity contribution in [3.05, 3.63) is 46.6 Å². The molecule has 0 radical (unpaired) electrons. The average Bonchev–Trinajstić information content (AvgIpc) is 3.29. The van der Waals surface area contributed by atoms with Gasteiger partial charge in [0.2, 0.25) is 0 Å². The van der Waals surface area contributed by atoms with E-state index in [0.717, 1.165) is 47.6 Å². The number of carbonyl (C=O) groups is 1. The second-order valence-corrected chi connectivity index (χ2v) is 9.75. The van der Waals surface area contributed by atoms with E-state index in [1.54, 1.807) is 28.5 Å². The highest BCUT2D eigenvalue weighted by Crippen LogP contribution is 2.41. The van der Waals surface area contributed by atoms with Gasteiger partial charge in [-0.2, -0.15) is 0 Å². The summed E-state index contributed by atoms with van der Waals surface area (Å²) in [4.78, 5) is 22.9. The molecule has 0 unspecified atom stereocenters. The van der Waals surface area contributed by atoms with E-state index >= 15 is 0 Å². The number of nitrogens with one attached hydrogen (secondary N) is 1. The quantitative estimate of drug-likeness (QED) is 0.449. The Balaban J connectivity index is 0.00000231. The molecule has 10 heteroatoms. The maximum Gasteiger partial charge on any atom is 0.416 e. The lowest BCUT2D eigenvalue weighted by Crippen LogP contribution is -2.39. The Labute approximate surface area is 200 Å². The number of aromatic nitrogens is 2. The highest BCUT2D eigenvalue weighted by Gasteiger charge is 2.47. The zero-order chi connectivity index (χ0) is 20.7. The number of hydrogen-bond donors (Lipinski definition) is 1. The molecular weight excluding hydrogens is 479 g/mol. The van der Waals surface area contributed by atoms with E-state index in [2.05, 4.69) is 15.3 Å². The Kier molecular flexibility index (Phi) is 6.49. The third-order valence-corrected chi connectivity index (χ3v) is 7.58. The second kappa shape index (κ2) is 8.98. The maximum atomic E-state index is 12.4. The molecule has 3 aromatic rings. The van der Waals surface area contributed by atoms with Gasteiger partial charge in [0.25, 0.3) is 0 Å². The molecule has 2 aliphatic rings. The molecular formula is C21H21Cl3N4O2S. The van der Waals surface area contributed by atoms with E-state index in [0.29, 0.717) is 28.3 Å². The standard InChI is InChI=1S/C21H20Cl2N4O2S.ClH/c22-14-9-16-17(10-15(14)23)30-19(26-16)25-11-13-4-6-21(7-5-13)12-27(20(28)29-21)18-3-1-2-8-24-18;/h1-3,8-10,13H,4-7,11-12H2,(H,25,26);1H/t13-,21-;. The largest absolute Gasteiger partial charge is 0.441 e. The molecule has 0 atom stereocenters. The van der Waals surface area contributed by atoms with Gasteiger partial charge < -0.3 is 10.1 Å². The van der Waals surface area contributed by atoms with Gasteiger partial charge in [-0.25, -0.2) is 14.8 Å². The van der Waals surface area contributed by atoms with Crippen LogP contribution in [0.5, 0.6) is 0 Å². The van der Waals surface area contributed by atoms with Crippen molar-refractivity contribution in [3.63, 3.8) is 0 Å². The summed E-state index contributed by atoms with van der Waals surface area (Å²) < 4.78 is 6.84. The molecule has 2 aromatic heterocycles. The number of hydrogen-bond acceptors (Lipinski definition) is 6. The second-order valence-electron chi connectivity index (χ2n) is 7.90. The number of rotatable bonds is 4. The highest BCUT2D eigenvalue weighted by molar-refractivity contribution is 7.22. The fourth-order valence-corrected chi connectivity index (χ4v) is 5.49. The molecule has 1 saturated heterocycles. The minimum Gasteiger partial charge on any atom is -0.441 e. The minimum atomic E-state index is -0.394. The van der Waals surface area contributed by atoms with Crippen LogP contribution in [0.25, 0.3) is 10.2 Å². The van der Waals surface area contributed by atoms with Gasteiger partial charge in [0, 0.05) is 12.7 Å². The minimum absolute atomic E-state index is 0. The molecule has 1 aliphatic carbocycles. The molecule has 1 aliphatic heterocycles. The molecule has 3 heterocycles. The van der Waals surface area contributed by atoms with Crippen LogP contribution in [-0.2, 0) is 4.74 Å². The lowest BCUT2D eigenvalue weighted by Gasteiger charge is -2.35. The van der Waals surface area contributed by atoms with Crippen molar-refractivity contribution in [2.75, 3.05) is 23.3 Å². The maximum absolute atomic E-state index is 12.4. The van der Waals surface area contributed by atoms with Crippen LogP contribution in [0.1, 0.15) is 25.7 Å². The predicted molar refractivity (Wildman–Crippen MR) is 128 cm³/mol. The van der Waals surface area contributed by atoms with Crippen LogP contribution in [0.3, 0.4) is 0 Å². The van der Waals surface area contributed by atoms with Crippen molar-refractivity contribution < 1.29 is 9.53 Å². The molecule has 2 fully saturated rings. The summed E-state index contributed by atoms with van der Waals surface area (Å²) in [5.74, 6) is 1.16. The van der Waals surface area contributed by atoms with Crippen LogP contribution in [0, 0.1) is 5.92 Å². The van der Waals surface area contributed by atoms with Gasteiger partial charge in [-0.1, -0.05) is 40.6 Å². The first-order chi connectivity index (χ1) is 14.5. The topological polar surface area (TPSA) is 67.3 Å². The van der Waals surface area contributed by atoms with Crippen LogP contribution in [-0.4, -0.2) is 34.8 Å². The van der Waals surface area contributed by atoms with Crippen molar-refractivity contribution in [2.45, 2.75) is 31.3 Å². The summed E-state index contributed by atoms with van der Waals surface area (Å²) in [7, 11) is 0. The van der Waals surface area contributed by atoms with E-state index in [-0.39, 0.29) is 18.5 Å². The lowest BCUT2D eigenvalue weighted by molar-refractivity contribution is 0.0148. The molecule has 0 bridgehead atoms. The molecule has 1 amide bonds. The highest BCUT2D eigenvalue weighted by atomic mass is 35.5. The van der Waals surface area contributed by atoms with Gasteiger partial charge in [-0.05, 0) is 55.9 Å². The monoisotopic (exact) mass is 498 g/mol. The number of amides is 1. The summed E-state index contributed by atoms with van der Waals surface area (Å²) in [6, 6.07) is 9.22. The zero-order valence-corrected chi connectivity index (χ0v) is 19.7. The van der Waals surface area contributed by atoms with Gasteiger partial charge in [0.05, 0.1) is 26.8 Å². The molecule has 1 saturated carbocycles. The van der Waals surface area contributed by atoms with Gasteiger partial charge >= 0.3 is 6.09 Å². The summed E-state index contributed by atoms with van der Waals surface area (Å²) in [6.45, 7) is 1.41. The van der Waals surface area contributed by atoms with Crippen molar-refractivity contribution in [1.29, 1.82) is 0 Å². The van der Waals surface area contributed by atoms with E-state index < -0.39 is 5.60 Å². The smallest absolute Gasteiger partial charge is 0.416 e. The first kappa shape index (κ1) is 22.4. The third kappa shape index (κ3) is 4.55. The van der Waals surface area contributed by atoms with E-state index in [1.807, 2.05) is 24.3 Å². The van der Waals surface area contributed by atoms with E-state index in [9.17, 15) is 4.79 Å². The van der Waals surface area contributed by atoms with Crippen molar-refractivity contribution >= 4 is 74.2 Å². The Morgan fingerprint density at radius 2 is 2.00 bits per heavy atom. The van der Waals surface area contributed by atoms with E-state index in [1.165, 1.54) is 0 Å². The number of fused-ring (bicyclic) bond motifs is 1. The summed E-state index contributed by atoms with van der Waals surface area (Å²) in [6.07, 6.45) is 5.12. The number of thiazole rings is 1. The predicted octanol–water partition coefficient (Wildman–Crippen LogP) is 6.42. The third-order valence-electron chi connectivity index (χ3n) is 5.89. The van der Waals surface area contributed by atoms with Crippen LogP contribution < -0.4 is 10.2 Å². The van der Waals surface area contributed by atoms with E-state index in [4.69, 9.17) is 27.9 Å². The number of carbonyl (C=O) groups excluding carboxylic acids is 1. The van der Waals surface area contributed by atoms with Crippen LogP contribution in [0.4, 0.5) is 15.7 Å².